The average molecular weight is 508 g/mol. The number of hydrogen-bond donors (Lipinski definition) is 1. The van der Waals surface area contributed by atoms with Crippen LogP contribution in [0.25, 0.3) is 28.7 Å². The van der Waals surface area contributed by atoms with Crippen LogP contribution in [-0.4, -0.2) is 20.6 Å². The quantitative estimate of drug-likeness (QED) is 0.387. The summed E-state index contributed by atoms with van der Waals surface area (Å²) in [5.41, 5.74) is 3.27. The lowest BCUT2D eigenvalue weighted by atomic mass is 10.1. The summed E-state index contributed by atoms with van der Waals surface area (Å²) < 4.78 is 2.45. The molecule has 0 spiro atoms. The fourth-order valence-electron chi connectivity index (χ4n) is 3.23. The summed E-state index contributed by atoms with van der Waals surface area (Å²) in [6.07, 6.45) is 3.72. The highest BCUT2D eigenvalue weighted by Crippen LogP contribution is 2.18. The minimum Gasteiger partial charge on any atom is -0.478 e. The number of carboxylic acids is 1. The van der Waals surface area contributed by atoms with Crippen LogP contribution in [0.15, 0.2) is 71.5 Å². The molecule has 0 bridgehead atoms. The zero-order valence-electron chi connectivity index (χ0n) is 16.0. The van der Waals surface area contributed by atoms with Crippen molar-refractivity contribution < 1.29 is 9.90 Å². The second-order valence-corrected chi connectivity index (χ2v) is 8.12. The van der Waals surface area contributed by atoms with Crippen LogP contribution in [0.4, 0.5) is 0 Å². The van der Waals surface area contributed by atoms with Crippen molar-refractivity contribution in [2.75, 3.05) is 0 Å². The highest BCUT2D eigenvalue weighted by Gasteiger charge is 2.12. The van der Waals surface area contributed by atoms with Gasteiger partial charge in [-0.1, -0.05) is 35.9 Å². The summed E-state index contributed by atoms with van der Waals surface area (Å²) in [7, 11) is 0. The lowest BCUT2D eigenvalue weighted by Gasteiger charge is -2.12. The van der Waals surface area contributed by atoms with E-state index in [1.54, 1.807) is 24.3 Å². The number of fused-ring (bicyclic) bond motifs is 1. The number of halogens is 1. The molecule has 148 valence electrons. The molecule has 0 aliphatic carbocycles. The van der Waals surface area contributed by atoms with Crippen LogP contribution in [0.5, 0.6) is 0 Å². The average Bonchev–Trinajstić information content (AvgIpc) is 2.73. The van der Waals surface area contributed by atoms with Gasteiger partial charge in [0.15, 0.2) is 0 Å². The van der Waals surface area contributed by atoms with Crippen LogP contribution >= 0.6 is 22.6 Å². The first-order valence-corrected chi connectivity index (χ1v) is 10.3. The number of nitrogens with zero attached hydrogens (tertiary/aromatic N) is 2. The Kier molecular flexibility index (Phi) is 5.50. The van der Waals surface area contributed by atoms with Crippen LogP contribution in [0.1, 0.15) is 27.3 Å². The predicted octanol–water partition coefficient (Wildman–Crippen LogP) is 5.17. The molecule has 4 aromatic rings. The van der Waals surface area contributed by atoms with Gasteiger partial charge in [-0.15, -0.1) is 0 Å². The maximum Gasteiger partial charge on any atom is 0.335 e. The molecule has 0 amide bonds. The largest absolute Gasteiger partial charge is 0.478 e. The molecule has 1 N–H and O–H groups in total. The number of carbonyl (C=O) groups is 1. The second-order valence-electron chi connectivity index (χ2n) is 6.87. The van der Waals surface area contributed by atoms with Crippen molar-refractivity contribution in [3.8, 4) is 5.69 Å². The summed E-state index contributed by atoms with van der Waals surface area (Å²) >= 11 is 2.16. The van der Waals surface area contributed by atoms with Crippen molar-refractivity contribution in [1.29, 1.82) is 0 Å². The van der Waals surface area contributed by atoms with Crippen molar-refractivity contribution in [3.05, 3.63) is 103 Å². The standard InChI is InChI=1S/C24H17IN2O3/c1-15-3-2-4-16(13-15)5-12-22-26-21-11-8-18(25)14-20(21)23(28)27(22)19-9-6-17(7-10-19)24(29)30/h2-14H,1H3,(H,29,30)/b12-5+. The summed E-state index contributed by atoms with van der Waals surface area (Å²) in [6, 6.07) is 19.8. The van der Waals surface area contributed by atoms with Crippen molar-refractivity contribution in [2.24, 2.45) is 0 Å². The van der Waals surface area contributed by atoms with Gasteiger partial charge in [0.05, 0.1) is 22.2 Å². The summed E-state index contributed by atoms with van der Waals surface area (Å²) in [5.74, 6) is -0.544. The molecule has 6 heteroatoms. The molecule has 0 unspecified atom stereocenters. The lowest BCUT2D eigenvalue weighted by Crippen LogP contribution is -2.22. The van der Waals surface area contributed by atoms with E-state index in [1.165, 1.54) is 16.7 Å². The van der Waals surface area contributed by atoms with Gasteiger partial charge in [0.25, 0.3) is 5.56 Å². The molecule has 5 nitrogen and oxygen atoms in total. The van der Waals surface area contributed by atoms with Crippen LogP contribution in [0, 0.1) is 10.5 Å². The topological polar surface area (TPSA) is 72.2 Å². The minimum absolute atomic E-state index is 0.159. The Morgan fingerprint density at radius 1 is 1.03 bits per heavy atom. The molecular weight excluding hydrogens is 491 g/mol. The third-order valence-electron chi connectivity index (χ3n) is 4.70. The number of hydrogen-bond acceptors (Lipinski definition) is 3. The summed E-state index contributed by atoms with van der Waals surface area (Å²) in [6.45, 7) is 2.02. The smallest absolute Gasteiger partial charge is 0.335 e. The molecule has 0 saturated heterocycles. The molecule has 0 saturated carbocycles. The highest BCUT2D eigenvalue weighted by molar-refractivity contribution is 14.1. The van der Waals surface area contributed by atoms with Crippen molar-refractivity contribution in [1.82, 2.24) is 9.55 Å². The Balaban J connectivity index is 1.93. The first-order chi connectivity index (χ1) is 14.4. The van der Waals surface area contributed by atoms with E-state index >= 15 is 0 Å². The van der Waals surface area contributed by atoms with Crippen LogP contribution in [0.2, 0.25) is 0 Å². The highest BCUT2D eigenvalue weighted by atomic mass is 127. The van der Waals surface area contributed by atoms with E-state index in [2.05, 4.69) is 22.6 Å². The molecule has 0 aliphatic rings. The molecule has 0 radical (unpaired) electrons. The number of rotatable bonds is 4. The van der Waals surface area contributed by atoms with Crippen LogP contribution in [-0.2, 0) is 0 Å². The number of aryl methyl sites for hydroxylation is 1. The fraction of sp³-hybridized carbons (Fsp3) is 0.0417. The van der Waals surface area contributed by atoms with Crippen molar-refractivity contribution in [2.45, 2.75) is 6.92 Å². The minimum atomic E-state index is -1.01. The van der Waals surface area contributed by atoms with E-state index in [1.807, 2.05) is 49.4 Å². The van der Waals surface area contributed by atoms with E-state index in [9.17, 15) is 9.59 Å². The van der Waals surface area contributed by atoms with Crippen LogP contribution in [0.3, 0.4) is 0 Å². The molecule has 0 aliphatic heterocycles. The normalized spacial score (nSPS) is 11.3. The zero-order valence-corrected chi connectivity index (χ0v) is 18.2. The van der Waals surface area contributed by atoms with Gasteiger partial charge in [-0.3, -0.25) is 9.36 Å². The van der Waals surface area contributed by atoms with Gasteiger partial charge in [-0.25, -0.2) is 9.78 Å². The van der Waals surface area contributed by atoms with Gasteiger partial charge in [0.2, 0.25) is 0 Å². The van der Waals surface area contributed by atoms with E-state index in [4.69, 9.17) is 10.1 Å². The summed E-state index contributed by atoms with van der Waals surface area (Å²) in [4.78, 5) is 29.2. The molecule has 1 heterocycles. The van der Waals surface area contributed by atoms with E-state index < -0.39 is 5.97 Å². The Hall–Kier alpha value is -3.26. The van der Waals surface area contributed by atoms with E-state index in [0.29, 0.717) is 22.4 Å². The number of aromatic nitrogens is 2. The first kappa shape index (κ1) is 20.0. The predicted molar refractivity (Wildman–Crippen MR) is 127 cm³/mol. The maximum atomic E-state index is 13.4. The van der Waals surface area contributed by atoms with Crippen LogP contribution < -0.4 is 5.56 Å². The Morgan fingerprint density at radius 2 is 1.80 bits per heavy atom. The van der Waals surface area contributed by atoms with Gasteiger partial charge in [-0.05, 0) is 83.6 Å². The van der Waals surface area contributed by atoms with Gasteiger partial charge in [-0.2, -0.15) is 0 Å². The maximum absolute atomic E-state index is 13.4. The zero-order chi connectivity index (χ0) is 21.3. The Bertz CT molecular complexity index is 1360. The van der Waals surface area contributed by atoms with Gasteiger partial charge < -0.3 is 5.11 Å². The third-order valence-corrected chi connectivity index (χ3v) is 5.37. The van der Waals surface area contributed by atoms with Gasteiger partial charge in [0.1, 0.15) is 5.82 Å². The van der Waals surface area contributed by atoms with Gasteiger partial charge in [0, 0.05) is 3.57 Å². The fourth-order valence-corrected chi connectivity index (χ4v) is 3.73. The number of aromatic carboxylic acids is 1. The number of carboxylic acid groups (broad SMARTS) is 1. The molecule has 0 atom stereocenters. The number of benzene rings is 3. The summed E-state index contributed by atoms with van der Waals surface area (Å²) in [5, 5.41) is 9.68. The Morgan fingerprint density at radius 3 is 2.50 bits per heavy atom. The van der Waals surface area contributed by atoms with E-state index in [-0.39, 0.29) is 11.1 Å². The monoisotopic (exact) mass is 508 g/mol. The molecule has 0 fully saturated rings. The third kappa shape index (κ3) is 4.04. The molecular formula is C24H17IN2O3. The van der Waals surface area contributed by atoms with Gasteiger partial charge >= 0.3 is 5.97 Å². The van der Waals surface area contributed by atoms with Crippen molar-refractivity contribution >= 4 is 51.6 Å². The van der Waals surface area contributed by atoms with Crippen molar-refractivity contribution in [3.63, 3.8) is 0 Å². The van der Waals surface area contributed by atoms with E-state index in [0.717, 1.165) is 14.7 Å². The SMILES string of the molecule is Cc1cccc(/C=C/c2nc3ccc(I)cc3c(=O)n2-c2ccc(C(=O)O)cc2)c1. The molecule has 3 aromatic carbocycles. The molecule has 4 rings (SSSR count). The molecule has 1 aromatic heterocycles. The molecule has 30 heavy (non-hydrogen) atoms. The second kappa shape index (κ2) is 8.23. The Labute approximate surface area is 186 Å². The lowest BCUT2D eigenvalue weighted by molar-refractivity contribution is 0.0697. The first-order valence-electron chi connectivity index (χ1n) is 9.23.